The molecule has 1 fully saturated rings. The number of nitrogens with two attached hydrogens (primary N) is 1. The summed E-state index contributed by atoms with van der Waals surface area (Å²) < 4.78 is 11.0. The molecule has 0 saturated carbocycles. The molecule has 7 heteroatoms. The number of anilines is 2. The van der Waals surface area contributed by atoms with Crippen LogP contribution in [0, 0.1) is 6.92 Å². The average molecular weight is 349 g/mol. The van der Waals surface area contributed by atoms with E-state index in [1.54, 1.807) is 7.11 Å². The van der Waals surface area contributed by atoms with Crippen LogP contribution in [0.5, 0.6) is 5.75 Å². The van der Waals surface area contributed by atoms with E-state index in [1.165, 1.54) is 0 Å². The molecule has 3 rings (SSSR count). The van der Waals surface area contributed by atoms with Gasteiger partial charge in [-0.15, -0.1) is 0 Å². The zero-order valence-electron chi connectivity index (χ0n) is 13.8. The van der Waals surface area contributed by atoms with E-state index in [0.29, 0.717) is 18.2 Å². The van der Waals surface area contributed by atoms with Crippen LogP contribution < -0.4 is 15.4 Å². The molecule has 0 radical (unpaired) electrons. The molecular weight excluding hydrogens is 328 g/mol. The lowest BCUT2D eigenvalue weighted by atomic mass is 10.1. The Morgan fingerprint density at radius 1 is 1.33 bits per heavy atom. The second-order valence-corrected chi connectivity index (χ2v) is 6.16. The van der Waals surface area contributed by atoms with Crippen molar-refractivity contribution < 1.29 is 9.47 Å². The van der Waals surface area contributed by atoms with E-state index in [9.17, 15) is 0 Å². The van der Waals surface area contributed by atoms with Gasteiger partial charge < -0.3 is 20.1 Å². The minimum atomic E-state index is -0.0420. The average Bonchev–Trinajstić information content (AvgIpc) is 2.79. The highest BCUT2D eigenvalue weighted by Crippen LogP contribution is 2.34. The number of benzene rings is 1. The SMILES string of the molecule is COc1ccc([C@H]2COCCCN2c2cc(C)nc(N)n2)c(Cl)c1. The summed E-state index contributed by atoms with van der Waals surface area (Å²) in [6.07, 6.45) is 0.910. The van der Waals surface area contributed by atoms with Gasteiger partial charge in [0.15, 0.2) is 0 Å². The van der Waals surface area contributed by atoms with Crippen molar-refractivity contribution in [1.82, 2.24) is 9.97 Å². The van der Waals surface area contributed by atoms with Crippen LogP contribution >= 0.6 is 11.6 Å². The van der Waals surface area contributed by atoms with Crippen molar-refractivity contribution in [2.45, 2.75) is 19.4 Å². The Kier molecular flexibility index (Phi) is 5.06. The lowest BCUT2D eigenvalue weighted by Crippen LogP contribution is -2.32. The third-order valence-corrected chi connectivity index (χ3v) is 4.39. The quantitative estimate of drug-likeness (QED) is 0.919. The van der Waals surface area contributed by atoms with Gasteiger partial charge in [0.05, 0.1) is 19.8 Å². The van der Waals surface area contributed by atoms with Crippen LogP contribution in [0.3, 0.4) is 0 Å². The van der Waals surface area contributed by atoms with Crippen LogP contribution in [0.2, 0.25) is 5.02 Å². The Balaban J connectivity index is 2.01. The van der Waals surface area contributed by atoms with Gasteiger partial charge in [0.2, 0.25) is 5.95 Å². The fourth-order valence-electron chi connectivity index (χ4n) is 2.94. The summed E-state index contributed by atoms with van der Waals surface area (Å²) in [6, 6.07) is 7.60. The van der Waals surface area contributed by atoms with E-state index in [1.807, 2.05) is 31.2 Å². The highest BCUT2D eigenvalue weighted by molar-refractivity contribution is 6.31. The van der Waals surface area contributed by atoms with E-state index in [-0.39, 0.29) is 12.0 Å². The van der Waals surface area contributed by atoms with Crippen molar-refractivity contribution in [3.05, 3.63) is 40.5 Å². The van der Waals surface area contributed by atoms with Crippen LogP contribution in [0.4, 0.5) is 11.8 Å². The largest absolute Gasteiger partial charge is 0.497 e. The molecule has 0 bridgehead atoms. The zero-order chi connectivity index (χ0) is 17.1. The predicted molar refractivity (Wildman–Crippen MR) is 94.7 cm³/mol. The fourth-order valence-corrected chi connectivity index (χ4v) is 3.23. The number of ether oxygens (including phenoxy) is 2. The highest BCUT2D eigenvalue weighted by Gasteiger charge is 2.27. The Labute approximate surface area is 146 Å². The summed E-state index contributed by atoms with van der Waals surface area (Å²) >= 11 is 6.49. The number of methoxy groups -OCH3 is 1. The number of nitrogens with zero attached hydrogens (tertiary/aromatic N) is 3. The van der Waals surface area contributed by atoms with Gasteiger partial charge in [-0.1, -0.05) is 17.7 Å². The lowest BCUT2D eigenvalue weighted by molar-refractivity contribution is 0.134. The third kappa shape index (κ3) is 3.55. The van der Waals surface area contributed by atoms with E-state index < -0.39 is 0 Å². The van der Waals surface area contributed by atoms with Crippen molar-refractivity contribution >= 4 is 23.4 Å². The van der Waals surface area contributed by atoms with Crippen LogP contribution in [-0.4, -0.2) is 36.8 Å². The maximum absolute atomic E-state index is 6.49. The highest BCUT2D eigenvalue weighted by atomic mass is 35.5. The maximum atomic E-state index is 6.49. The van der Waals surface area contributed by atoms with Gasteiger partial charge in [-0.3, -0.25) is 0 Å². The van der Waals surface area contributed by atoms with Crippen molar-refractivity contribution in [3.8, 4) is 5.75 Å². The number of hydrogen-bond donors (Lipinski definition) is 1. The standard InChI is InChI=1S/C17H21ClN4O2/c1-11-8-16(21-17(19)20-11)22-6-3-7-24-10-15(22)13-5-4-12(23-2)9-14(13)18/h4-5,8-9,15H,3,6-7,10H2,1-2H3,(H2,19,20,21)/t15-/m1/s1. The minimum absolute atomic E-state index is 0.0420. The minimum Gasteiger partial charge on any atom is -0.497 e. The molecule has 1 aliphatic rings. The van der Waals surface area contributed by atoms with Crippen molar-refractivity contribution in [2.75, 3.05) is 37.5 Å². The molecule has 2 aromatic rings. The van der Waals surface area contributed by atoms with E-state index in [0.717, 1.165) is 35.8 Å². The predicted octanol–water partition coefficient (Wildman–Crippen LogP) is 3.00. The van der Waals surface area contributed by atoms with Crippen LogP contribution in [0.1, 0.15) is 23.7 Å². The van der Waals surface area contributed by atoms with Crippen LogP contribution in [-0.2, 0) is 4.74 Å². The topological polar surface area (TPSA) is 73.5 Å². The molecule has 24 heavy (non-hydrogen) atoms. The summed E-state index contributed by atoms with van der Waals surface area (Å²) in [4.78, 5) is 10.8. The molecule has 1 aliphatic heterocycles. The summed E-state index contributed by atoms with van der Waals surface area (Å²) in [5.41, 5.74) is 7.65. The zero-order valence-corrected chi connectivity index (χ0v) is 14.6. The molecule has 128 valence electrons. The Morgan fingerprint density at radius 3 is 2.88 bits per heavy atom. The lowest BCUT2D eigenvalue weighted by Gasteiger charge is -2.31. The number of nitrogen functional groups attached to an aromatic ring is 1. The van der Waals surface area contributed by atoms with Crippen molar-refractivity contribution in [2.24, 2.45) is 0 Å². The first kappa shape index (κ1) is 16.8. The maximum Gasteiger partial charge on any atom is 0.222 e. The number of aryl methyl sites for hydroxylation is 1. The molecule has 0 unspecified atom stereocenters. The smallest absolute Gasteiger partial charge is 0.222 e. The molecule has 2 N–H and O–H groups in total. The molecule has 0 spiro atoms. The molecule has 0 aliphatic carbocycles. The number of hydrogen-bond acceptors (Lipinski definition) is 6. The second kappa shape index (κ2) is 7.23. The summed E-state index contributed by atoms with van der Waals surface area (Å²) in [5.74, 6) is 1.80. The number of rotatable bonds is 3. The van der Waals surface area contributed by atoms with E-state index in [4.69, 9.17) is 26.8 Å². The molecule has 1 aromatic heterocycles. The first-order chi connectivity index (χ1) is 11.6. The van der Waals surface area contributed by atoms with Gasteiger partial charge in [-0.05, 0) is 31.0 Å². The number of halogens is 1. The van der Waals surface area contributed by atoms with Crippen LogP contribution in [0.15, 0.2) is 24.3 Å². The molecule has 2 heterocycles. The van der Waals surface area contributed by atoms with Gasteiger partial charge in [0.25, 0.3) is 0 Å². The first-order valence-corrected chi connectivity index (χ1v) is 8.25. The summed E-state index contributed by atoms with van der Waals surface area (Å²) in [7, 11) is 1.62. The van der Waals surface area contributed by atoms with Gasteiger partial charge in [-0.25, -0.2) is 4.98 Å². The Hall–Kier alpha value is -2.05. The molecule has 1 saturated heterocycles. The molecule has 0 amide bonds. The Bertz CT molecular complexity index is 705. The molecule has 1 aromatic carbocycles. The fraction of sp³-hybridized carbons (Fsp3) is 0.412. The summed E-state index contributed by atoms with van der Waals surface area (Å²) in [6.45, 7) is 3.96. The van der Waals surface area contributed by atoms with Crippen LogP contribution in [0.25, 0.3) is 0 Å². The van der Waals surface area contributed by atoms with Gasteiger partial charge in [0.1, 0.15) is 11.6 Å². The Morgan fingerprint density at radius 2 is 2.17 bits per heavy atom. The van der Waals surface area contributed by atoms with Crippen molar-refractivity contribution in [1.29, 1.82) is 0 Å². The molecular formula is C17H21ClN4O2. The van der Waals surface area contributed by atoms with Gasteiger partial charge in [-0.2, -0.15) is 4.98 Å². The molecule has 1 atom stereocenters. The molecule has 6 nitrogen and oxygen atoms in total. The van der Waals surface area contributed by atoms with E-state index >= 15 is 0 Å². The third-order valence-electron chi connectivity index (χ3n) is 4.06. The summed E-state index contributed by atoms with van der Waals surface area (Å²) in [5, 5.41) is 0.647. The monoisotopic (exact) mass is 348 g/mol. The first-order valence-electron chi connectivity index (χ1n) is 7.87. The van der Waals surface area contributed by atoms with Crippen molar-refractivity contribution in [3.63, 3.8) is 0 Å². The van der Waals surface area contributed by atoms with Gasteiger partial charge in [0, 0.05) is 29.9 Å². The second-order valence-electron chi connectivity index (χ2n) is 5.75. The number of aromatic nitrogens is 2. The van der Waals surface area contributed by atoms with Gasteiger partial charge >= 0.3 is 0 Å². The normalized spacial score (nSPS) is 18.3. The van der Waals surface area contributed by atoms with E-state index in [2.05, 4.69) is 14.9 Å².